The molecule has 1 aromatic heterocycles. The zero-order valence-corrected chi connectivity index (χ0v) is 23.4. The number of fused-ring (bicyclic) bond motifs is 3. The minimum Gasteiger partial charge on any atom is -0.490 e. The molecule has 0 saturated heterocycles. The van der Waals surface area contributed by atoms with Gasteiger partial charge in [-0.05, 0) is 73.8 Å². The molecule has 2 fully saturated rings. The maximum absolute atomic E-state index is 15.4. The molecule has 2 aromatic carbocycles. The number of ether oxygens (including phenoxy) is 1. The third-order valence-electron chi connectivity index (χ3n) is 9.45. The zero-order chi connectivity index (χ0) is 27.5. The summed E-state index contributed by atoms with van der Waals surface area (Å²) in [4.78, 5) is 0. The van der Waals surface area contributed by atoms with Gasteiger partial charge in [0.05, 0.1) is 17.4 Å². The predicted molar refractivity (Wildman–Crippen MR) is 148 cm³/mol. The third-order valence-corrected chi connectivity index (χ3v) is 9.45. The first-order valence-corrected chi connectivity index (χ1v) is 15.3. The van der Waals surface area contributed by atoms with Gasteiger partial charge in [-0.15, -0.1) is 0 Å². The lowest BCUT2D eigenvalue weighted by atomic mass is 9.77. The molecule has 214 valence electrons. The van der Waals surface area contributed by atoms with Gasteiger partial charge in [-0.1, -0.05) is 65.2 Å². The van der Waals surface area contributed by atoms with Crippen LogP contribution < -0.4 is 4.74 Å². The van der Waals surface area contributed by atoms with Gasteiger partial charge in [-0.25, -0.2) is 13.2 Å². The van der Waals surface area contributed by atoms with Crippen LogP contribution in [0.3, 0.4) is 0 Å². The van der Waals surface area contributed by atoms with Crippen LogP contribution in [0.15, 0.2) is 16.5 Å². The topological polar surface area (TPSA) is 22.4 Å². The second-order valence-electron chi connectivity index (χ2n) is 12.1. The maximum Gasteiger partial charge on any atom is 0.201 e. The molecule has 6 heteroatoms. The summed E-state index contributed by atoms with van der Waals surface area (Å²) in [6.07, 6.45) is 15.2. The van der Waals surface area contributed by atoms with E-state index in [-0.39, 0.29) is 39.2 Å². The van der Waals surface area contributed by atoms with Crippen molar-refractivity contribution in [2.24, 2.45) is 17.8 Å². The first-order valence-electron chi connectivity index (χ1n) is 15.3. The lowest BCUT2D eigenvalue weighted by Crippen LogP contribution is -2.20. The third kappa shape index (κ3) is 5.95. The van der Waals surface area contributed by atoms with E-state index in [1.165, 1.54) is 37.8 Å². The number of hydrogen-bond acceptors (Lipinski definition) is 2. The Kier molecular flexibility index (Phi) is 9.08. The molecule has 0 unspecified atom stereocenters. The fourth-order valence-corrected chi connectivity index (χ4v) is 7.10. The first kappa shape index (κ1) is 28.3. The van der Waals surface area contributed by atoms with Crippen LogP contribution in [-0.2, 0) is 0 Å². The lowest BCUT2D eigenvalue weighted by Gasteiger charge is -2.28. The second kappa shape index (κ2) is 12.5. The van der Waals surface area contributed by atoms with Crippen molar-refractivity contribution in [3.8, 4) is 5.75 Å². The van der Waals surface area contributed by atoms with Gasteiger partial charge < -0.3 is 9.15 Å². The Bertz CT molecular complexity index is 1270. The summed E-state index contributed by atoms with van der Waals surface area (Å²) in [7, 11) is 0. The fourth-order valence-electron chi connectivity index (χ4n) is 7.10. The van der Waals surface area contributed by atoms with Gasteiger partial charge in [0.15, 0.2) is 23.2 Å². The van der Waals surface area contributed by atoms with Crippen LogP contribution in [0.2, 0.25) is 0 Å². The van der Waals surface area contributed by atoms with Crippen molar-refractivity contribution >= 4 is 21.9 Å². The van der Waals surface area contributed by atoms with Gasteiger partial charge in [0, 0.05) is 6.07 Å². The summed E-state index contributed by atoms with van der Waals surface area (Å²) in [5, 5.41) is -0.702. The van der Waals surface area contributed by atoms with E-state index in [1.807, 2.05) is 0 Å². The Balaban J connectivity index is 1.33. The lowest BCUT2D eigenvalue weighted by molar-refractivity contribution is 0.172. The molecule has 0 bridgehead atoms. The highest BCUT2D eigenvalue weighted by molar-refractivity contribution is 6.06. The van der Waals surface area contributed by atoms with Crippen molar-refractivity contribution in [2.75, 3.05) is 6.61 Å². The number of benzene rings is 2. The number of halogens is 4. The van der Waals surface area contributed by atoms with Crippen molar-refractivity contribution in [2.45, 2.75) is 110 Å². The zero-order valence-electron chi connectivity index (χ0n) is 23.4. The summed E-state index contributed by atoms with van der Waals surface area (Å²) < 4.78 is 72.5. The molecule has 1 heterocycles. The van der Waals surface area contributed by atoms with E-state index in [4.69, 9.17) is 9.15 Å². The van der Waals surface area contributed by atoms with E-state index < -0.39 is 23.3 Å². The smallest absolute Gasteiger partial charge is 0.201 e. The minimum atomic E-state index is -1.26. The number of rotatable bonds is 10. The molecule has 0 radical (unpaired) electrons. The van der Waals surface area contributed by atoms with Gasteiger partial charge in [-0.3, -0.25) is 0 Å². The predicted octanol–water partition coefficient (Wildman–Crippen LogP) is 11.0. The largest absolute Gasteiger partial charge is 0.490 e. The molecule has 39 heavy (non-hydrogen) atoms. The molecule has 3 aromatic rings. The number of unbranched alkanes of at least 4 members (excludes halogenated alkanes) is 2. The van der Waals surface area contributed by atoms with Crippen LogP contribution in [-0.4, -0.2) is 6.61 Å². The highest BCUT2D eigenvalue weighted by Crippen LogP contribution is 2.43. The van der Waals surface area contributed by atoms with Crippen LogP contribution in [0, 0.1) is 41.0 Å². The molecule has 0 atom stereocenters. The van der Waals surface area contributed by atoms with E-state index in [9.17, 15) is 0 Å². The van der Waals surface area contributed by atoms with Crippen LogP contribution in [0.25, 0.3) is 21.9 Å². The molecule has 2 aliphatic carbocycles. The molecule has 5 rings (SSSR count). The molecule has 0 aliphatic heterocycles. The van der Waals surface area contributed by atoms with Gasteiger partial charge in [0.25, 0.3) is 0 Å². The van der Waals surface area contributed by atoms with E-state index in [0.717, 1.165) is 70.1 Å². The van der Waals surface area contributed by atoms with E-state index >= 15 is 17.6 Å². The van der Waals surface area contributed by atoms with Gasteiger partial charge in [-0.2, -0.15) is 4.39 Å². The highest BCUT2D eigenvalue weighted by atomic mass is 19.2. The summed E-state index contributed by atoms with van der Waals surface area (Å²) >= 11 is 0. The molecule has 2 aliphatic rings. The molecular formula is C33H42F4O2. The molecule has 0 spiro atoms. The first-order chi connectivity index (χ1) is 18.9. The Labute approximate surface area is 229 Å². The van der Waals surface area contributed by atoms with Crippen LogP contribution in [0.5, 0.6) is 5.75 Å². The van der Waals surface area contributed by atoms with Crippen molar-refractivity contribution < 1.29 is 26.7 Å². The quantitative estimate of drug-likeness (QED) is 0.186. The Morgan fingerprint density at radius 2 is 1.26 bits per heavy atom. The summed E-state index contributed by atoms with van der Waals surface area (Å²) in [6, 6.07) is 2.78. The van der Waals surface area contributed by atoms with Crippen LogP contribution >= 0.6 is 0 Å². The Morgan fingerprint density at radius 3 is 1.92 bits per heavy atom. The van der Waals surface area contributed by atoms with Crippen LogP contribution in [0.4, 0.5) is 17.6 Å². The van der Waals surface area contributed by atoms with Crippen LogP contribution in [0.1, 0.15) is 115 Å². The van der Waals surface area contributed by atoms with Crippen molar-refractivity contribution in [1.29, 1.82) is 0 Å². The van der Waals surface area contributed by atoms with E-state index in [2.05, 4.69) is 13.8 Å². The summed E-state index contributed by atoms with van der Waals surface area (Å²) in [6.45, 7) is 4.68. The van der Waals surface area contributed by atoms with E-state index in [0.29, 0.717) is 18.4 Å². The normalized spacial score (nSPS) is 24.1. The maximum atomic E-state index is 15.4. The van der Waals surface area contributed by atoms with Crippen molar-refractivity contribution in [1.82, 2.24) is 0 Å². The van der Waals surface area contributed by atoms with Gasteiger partial charge >= 0.3 is 0 Å². The molecule has 2 saturated carbocycles. The number of hydrogen-bond donors (Lipinski definition) is 0. The van der Waals surface area contributed by atoms with Gasteiger partial charge in [0.2, 0.25) is 5.82 Å². The number of furan rings is 1. The summed E-state index contributed by atoms with van der Waals surface area (Å²) in [5.41, 5.74) is 0.295. The minimum absolute atomic E-state index is 0.0272. The Hall–Kier alpha value is -2.24. The standard InChI is InChI=1S/C33H42F4O2/c1-3-5-6-8-21-9-11-22(12-10-21)19-38-27-18-26-29(33(37)31(27)35)28-25(39-26)17-24(30(34)32(28)36)23-15-13-20(7-4-2)14-16-23/h17-18,20-23H,3-16,19H2,1-2H3. The highest BCUT2D eigenvalue weighted by Gasteiger charge is 2.30. The van der Waals surface area contributed by atoms with Gasteiger partial charge in [0.1, 0.15) is 11.2 Å². The second-order valence-corrected chi connectivity index (χ2v) is 12.1. The Morgan fingerprint density at radius 1 is 0.667 bits per heavy atom. The monoisotopic (exact) mass is 546 g/mol. The van der Waals surface area contributed by atoms with E-state index in [1.54, 1.807) is 0 Å². The molecule has 0 N–H and O–H groups in total. The fraction of sp³-hybridized carbons (Fsp3) is 0.636. The molecular weight excluding hydrogens is 504 g/mol. The molecule has 2 nitrogen and oxygen atoms in total. The van der Waals surface area contributed by atoms with Crippen molar-refractivity contribution in [3.63, 3.8) is 0 Å². The van der Waals surface area contributed by atoms with Crippen molar-refractivity contribution in [3.05, 3.63) is 41.0 Å². The molecule has 0 amide bonds. The SMILES string of the molecule is CCCCCC1CCC(COc2cc3oc4cc(C5CCC(CCC)CC5)c(F)c(F)c4c3c(F)c2F)CC1. The average molecular weight is 547 g/mol. The summed E-state index contributed by atoms with van der Waals surface area (Å²) in [5.74, 6) is -3.25. The average Bonchev–Trinajstić information content (AvgIpc) is 3.32.